The van der Waals surface area contributed by atoms with Crippen LogP contribution in [0, 0.1) is 0 Å². The van der Waals surface area contributed by atoms with Gasteiger partial charge in [0, 0.05) is 5.56 Å². The minimum absolute atomic E-state index is 0.0938. The zero-order valence-corrected chi connectivity index (χ0v) is 13.7. The van der Waals surface area contributed by atoms with Gasteiger partial charge < -0.3 is 10.2 Å². The third-order valence-electron chi connectivity index (χ3n) is 4.52. The molecule has 26 heavy (non-hydrogen) atoms. The predicted octanol–water partition coefficient (Wildman–Crippen LogP) is 3.68. The Balaban J connectivity index is 1.91. The summed E-state index contributed by atoms with van der Waals surface area (Å²) < 4.78 is 0. The number of para-hydroxylation sites is 3. The van der Waals surface area contributed by atoms with E-state index in [1.807, 2.05) is 0 Å². The van der Waals surface area contributed by atoms with Crippen LogP contribution < -0.4 is 4.90 Å². The van der Waals surface area contributed by atoms with Gasteiger partial charge in [-0.2, -0.15) is 0 Å². The minimum Gasteiger partial charge on any atom is -0.507 e. The van der Waals surface area contributed by atoms with Crippen LogP contribution in [-0.4, -0.2) is 21.9 Å². The van der Waals surface area contributed by atoms with Gasteiger partial charge in [0.05, 0.1) is 11.3 Å². The van der Waals surface area contributed by atoms with Gasteiger partial charge in [0.1, 0.15) is 17.5 Å². The number of hydrogen-bond donors (Lipinski definition) is 2. The number of carbonyl (C=O) groups is 2. The van der Waals surface area contributed by atoms with Crippen LogP contribution in [-0.2, 0) is 0 Å². The fourth-order valence-corrected chi connectivity index (χ4v) is 3.32. The van der Waals surface area contributed by atoms with Crippen molar-refractivity contribution in [3.63, 3.8) is 0 Å². The fourth-order valence-electron chi connectivity index (χ4n) is 3.32. The second kappa shape index (κ2) is 6.04. The van der Waals surface area contributed by atoms with E-state index in [0.717, 1.165) is 0 Å². The number of benzene rings is 3. The second-order valence-corrected chi connectivity index (χ2v) is 6.04. The maximum absolute atomic E-state index is 13.2. The molecule has 0 aromatic heterocycles. The predicted molar refractivity (Wildman–Crippen MR) is 96.5 cm³/mol. The van der Waals surface area contributed by atoms with E-state index >= 15 is 0 Å². The maximum Gasteiger partial charge on any atom is 0.259 e. The normalized spacial score (nSPS) is 15.8. The molecule has 0 spiro atoms. The number of carbonyl (C=O) groups excluding carboxylic acids is 2. The lowest BCUT2D eigenvalue weighted by Crippen LogP contribution is -2.32. The van der Waals surface area contributed by atoms with Crippen molar-refractivity contribution < 1.29 is 19.8 Å². The molecular weight excluding hydrogens is 330 g/mol. The van der Waals surface area contributed by atoms with Crippen molar-refractivity contribution in [3.05, 3.63) is 89.5 Å². The zero-order valence-electron chi connectivity index (χ0n) is 13.7. The van der Waals surface area contributed by atoms with E-state index in [4.69, 9.17) is 0 Å². The van der Waals surface area contributed by atoms with Gasteiger partial charge in [-0.15, -0.1) is 0 Å². The fraction of sp³-hybridized carbons (Fsp3) is 0.0476. The summed E-state index contributed by atoms with van der Waals surface area (Å²) >= 11 is 0. The average Bonchev–Trinajstić information content (AvgIpc) is 2.95. The summed E-state index contributed by atoms with van der Waals surface area (Å²) in [5, 5.41) is 20.3. The lowest BCUT2D eigenvalue weighted by atomic mass is 9.96. The first-order valence-electron chi connectivity index (χ1n) is 8.12. The topological polar surface area (TPSA) is 77.8 Å². The van der Waals surface area contributed by atoms with Gasteiger partial charge in [0.25, 0.3) is 5.91 Å². The molecule has 1 atom stereocenters. The first kappa shape index (κ1) is 15.9. The molecule has 0 saturated carbocycles. The number of anilines is 1. The number of phenolic OH excluding ortho intramolecular Hbond substituents is 2. The van der Waals surface area contributed by atoms with E-state index in [0.29, 0.717) is 11.1 Å². The molecule has 4 rings (SSSR count). The monoisotopic (exact) mass is 345 g/mol. The minimum atomic E-state index is -0.958. The van der Waals surface area contributed by atoms with Crippen LogP contribution in [0.5, 0.6) is 11.5 Å². The Bertz CT molecular complexity index is 1030. The molecule has 1 unspecified atom stereocenters. The highest BCUT2D eigenvalue weighted by atomic mass is 16.3. The van der Waals surface area contributed by atoms with Crippen LogP contribution in [0.2, 0.25) is 0 Å². The Morgan fingerprint density at radius 1 is 0.808 bits per heavy atom. The Hall–Kier alpha value is -3.60. The van der Waals surface area contributed by atoms with Crippen LogP contribution in [0.25, 0.3) is 0 Å². The summed E-state index contributed by atoms with van der Waals surface area (Å²) in [5.41, 5.74) is 1.34. The summed E-state index contributed by atoms with van der Waals surface area (Å²) in [6.07, 6.45) is 0. The second-order valence-electron chi connectivity index (χ2n) is 6.04. The molecule has 5 heteroatoms. The van der Waals surface area contributed by atoms with Gasteiger partial charge >= 0.3 is 0 Å². The lowest BCUT2D eigenvalue weighted by molar-refractivity contribution is 0.0914. The molecule has 0 fully saturated rings. The van der Waals surface area contributed by atoms with E-state index in [-0.39, 0.29) is 28.7 Å². The van der Waals surface area contributed by atoms with Gasteiger partial charge in [-0.05, 0) is 35.9 Å². The highest BCUT2D eigenvalue weighted by Crippen LogP contribution is 2.43. The van der Waals surface area contributed by atoms with Crippen molar-refractivity contribution >= 4 is 17.4 Å². The number of aromatic hydroxyl groups is 2. The number of hydrogen-bond acceptors (Lipinski definition) is 4. The van der Waals surface area contributed by atoms with E-state index in [2.05, 4.69) is 0 Å². The van der Waals surface area contributed by atoms with Crippen LogP contribution >= 0.6 is 0 Å². The van der Waals surface area contributed by atoms with E-state index in [9.17, 15) is 19.8 Å². The molecule has 1 heterocycles. The molecule has 1 amide bonds. The molecule has 5 nitrogen and oxygen atoms in total. The molecule has 0 saturated heterocycles. The van der Waals surface area contributed by atoms with Gasteiger partial charge in [-0.1, -0.05) is 42.5 Å². The number of ketones is 1. The van der Waals surface area contributed by atoms with Crippen molar-refractivity contribution in [2.45, 2.75) is 6.04 Å². The Kier molecular flexibility index (Phi) is 3.69. The summed E-state index contributed by atoms with van der Waals surface area (Å²) in [5.74, 6) is -1.02. The molecule has 0 aliphatic carbocycles. The molecular formula is C21H15NO4. The number of nitrogens with zero attached hydrogens (tertiary/aromatic N) is 1. The average molecular weight is 345 g/mol. The third kappa shape index (κ3) is 2.33. The summed E-state index contributed by atoms with van der Waals surface area (Å²) in [7, 11) is 0. The number of rotatable bonds is 3. The van der Waals surface area contributed by atoms with Gasteiger partial charge in [-0.25, -0.2) is 0 Å². The molecule has 2 N–H and O–H groups in total. The highest BCUT2D eigenvalue weighted by Gasteiger charge is 2.43. The van der Waals surface area contributed by atoms with Gasteiger partial charge in [0.2, 0.25) is 0 Å². The van der Waals surface area contributed by atoms with Gasteiger partial charge in [0.15, 0.2) is 5.78 Å². The Morgan fingerprint density at radius 3 is 2.15 bits per heavy atom. The molecule has 3 aromatic rings. The number of fused-ring (bicyclic) bond motifs is 1. The number of phenols is 2. The maximum atomic E-state index is 13.2. The zero-order chi connectivity index (χ0) is 18.3. The summed E-state index contributed by atoms with van der Waals surface area (Å²) in [6.45, 7) is 0. The first-order chi connectivity index (χ1) is 12.6. The van der Waals surface area contributed by atoms with Crippen molar-refractivity contribution in [1.82, 2.24) is 0 Å². The standard InChI is InChI=1S/C21H15NO4/c23-17-11-5-3-9-15(17)20(25)19-13-7-1-2-8-14(13)21(26)22(19)16-10-4-6-12-18(16)24/h1-12,19,23-24H. The van der Waals surface area contributed by atoms with E-state index in [1.54, 1.807) is 54.6 Å². The van der Waals surface area contributed by atoms with Crippen molar-refractivity contribution in [2.75, 3.05) is 4.90 Å². The molecule has 0 radical (unpaired) electrons. The number of Topliss-reactive ketones (excluding diaryl/α,β-unsaturated/α-hetero) is 1. The van der Waals surface area contributed by atoms with Crippen molar-refractivity contribution in [3.8, 4) is 11.5 Å². The van der Waals surface area contributed by atoms with E-state index < -0.39 is 11.8 Å². The van der Waals surface area contributed by atoms with Crippen molar-refractivity contribution in [1.29, 1.82) is 0 Å². The largest absolute Gasteiger partial charge is 0.507 e. The van der Waals surface area contributed by atoms with Crippen LogP contribution in [0.3, 0.4) is 0 Å². The molecule has 1 aliphatic rings. The van der Waals surface area contributed by atoms with Crippen LogP contribution in [0.15, 0.2) is 72.8 Å². The summed E-state index contributed by atoms with van der Waals surface area (Å²) in [4.78, 5) is 27.5. The molecule has 3 aromatic carbocycles. The Morgan fingerprint density at radius 2 is 1.42 bits per heavy atom. The van der Waals surface area contributed by atoms with Gasteiger partial charge in [-0.3, -0.25) is 14.5 Å². The number of amides is 1. The highest BCUT2D eigenvalue weighted by molar-refractivity contribution is 6.19. The SMILES string of the molecule is O=C(c1ccccc1O)C1c2ccccc2C(=O)N1c1ccccc1O. The first-order valence-corrected chi connectivity index (χ1v) is 8.12. The summed E-state index contributed by atoms with van der Waals surface area (Å²) in [6, 6.07) is 18.5. The van der Waals surface area contributed by atoms with Crippen LogP contribution in [0.1, 0.15) is 32.3 Å². The molecule has 1 aliphatic heterocycles. The smallest absolute Gasteiger partial charge is 0.259 e. The van der Waals surface area contributed by atoms with Crippen molar-refractivity contribution in [2.24, 2.45) is 0 Å². The Labute approximate surface area is 149 Å². The molecule has 0 bridgehead atoms. The molecule has 128 valence electrons. The van der Waals surface area contributed by atoms with E-state index in [1.165, 1.54) is 23.1 Å². The quantitative estimate of drug-likeness (QED) is 0.710. The third-order valence-corrected chi connectivity index (χ3v) is 4.52. The lowest BCUT2D eigenvalue weighted by Gasteiger charge is -2.25. The van der Waals surface area contributed by atoms with Crippen LogP contribution in [0.4, 0.5) is 5.69 Å².